The number of Topliss-reactive ketones (excluding diaryl/α,β-unsaturated/α-hetero) is 1. The fourth-order valence-electron chi connectivity index (χ4n) is 7.18. The largest absolute Gasteiger partial charge is 0.474 e. The molecule has 2 aliphatic heterocycles. The van der Waals surface area contributed by atoms with Gasteiger partial charge in [-0.25, -0.2) is 4.98 Å². The van der Waals surface area contributed by atoms with E-state index in [1.54, 1.807) is 0 Å². The Balaban J connectivity index is 1.56. The number of carbonyl (C=O) groups is 1. The van der Waals surface area contributed by atoms with Crippen LogP contribution in [0.2, 0.25) is 0 Å². The molecule has 1 aromatic rings. The van der Waals surface area contributed by atoms with Gasteiger partial charge in [0.15, 0.2) is 11.6 Å². The summed E-state index contributed by atoms with van der Waals surface area (Å²) in [6.45, 7) is 11.3. The highest BCUT2D eigenvalue weighted by Gasteiger charge is 2.47. The Kier molecular flexibility index (Phi) is 8.69. The van der Waals surface area contributed by atoms with Gasteiger partial charge in [0.1, 0.15) is 11.7 Å². The van der Waals surface area contributed by atoms with Crippen molar-refractivity contribution >= 4 is 11.5 Å². The molecule has 0 radical (unpaired) electrons. The summed E-state index contributed by atoms with van der Waals surface area (Å²) in [7, 11) is 1.98. The molecule has 5 rings (SSSR count). The Morgan fingerprint density at radius 1 is 1.10 bits per heavy atom. The molecule has 8 nitrogen and oxygen atoms in total. The summed E-state index contributed by atoms with van der Waals surface area (Å²) < 4.78 is 18.8. The second-order valence-electron chi connectivity index (χ2n) is 12.5. The molecule has 1 saturated heterocycles. The van der Waals surface area contributed by atoms with Gasteiger partial charge in [-0.05, 0) is 91.6 Å². The normalized spacial score (nSPS) is 29.6. The van der Waals surface area contributed by atoms with Crippen LogP contribution in [0.15, 0.2) is 16.7 Å². The van der Waals surface area contributed by atoms with Crippen LogP contribution in [0, 0.1) is 11.3 Å². The molecule has 4 aliphatic rings. The van der Waals surface area contributed by atoms with Gasteiger partial charge in [0.25, 0.3) is 0 Å². The summed E-state index contributed by atoms with van der Waals surface area (Å²) in [5.41, 5.74) is 11.3. The maximum Gasteiger partial charge on any atom is 0.221 e. The highest BCUT2D eigenvalue weighted by Crippen LogP contribution is 2.50. The first-order valence-electron chi connectivity index (χ1n) is 15.4. The quantitative estimate of drug-likeness (QED) is 0.264. The molecule has 2 fully saturated rings. The molecular formula is C32H48N4O4. The van der Waals surface area contributed by atoms with Gasteiger partial charge in [-0.15, -0.1) is 0 Å². The number of nitrogens with one attached hydrogen (secondary N) is 1. The van der Waals surface area contributed by atoms with Crippen LogP contribution < -0.4 is 15.8 Å². The van der Waals surface area contributed by atoms with Crippen molar-refractivity contribution < 1.29 is 19.0 Å². The molecule has 220 valence electrons. The van der Waals surface area contributed by atoms with E-state index in [2.05, 4.69) is 33.0 Å². The summed E-state index contributed by atoms with van der Waals surface area (Å²) in [5, 5.41) is 3.23. The van der Waals surface area contributed by atoms with Gasteiger partial charge in [0.2, 0.25) is 5.88 Å². The molecule has 0 aromatic carbocycles. The molecule has 4 atom stereocenters. The second-order valence-corrected chi connectivity index (χ2v) is 12.5. The fraction of sp³-hybridized carbons (Fsp3) is 0.719. The molecule has 3 N–H and O–H groups in total. The van der Waals surface area contributed by atoms with E-state index in [9.17, 15) is 4.79 Å². The number of fused-ring (bicyclic) bond motifs is 2. The average molecular weight is 553 g/mol. The summed E-state index contributed by atoms with van der Waals surface area (Å²) in [6, 6.07) is 0. The topological polar surface area (TPSA) is 109 Å². The van der Waals surface area contributed by atoms with E-state index >= 15 is 0 Å². The van der Waals surface area contributed by atoms with Crippen LogP contribution in [0.4, 0.5) is 0 Å². The van der Waals surface area contributed by atoms with Crippen molar-refractivity contribution in [3.63, 3.8) is 0 Å². The zero-order valence-electron chi connectivity index (χ0n) is 25.2. The Morgan fingerprint density at radius 3 is 2.60 bits per heavy atom. The van der Waals surface area contributed by atoms with Gasteiger partial charge in [-0.2, -0.15) is 4.98 Å². The Bertz CT molecular complexity index is 1190. The Labute approximate surface area is 239 Å². The van der Waals surface area contributed by atoms with Crippen molar-refractivity contribution in [1.29, 1.82) is 0 Å². The van der Waals surface area contributed by atoms with Gasteiger partial charge in [0.05, 0.1) is 30.0 Å². The van der Waals surface area contributed by atoms with E-state index in [1.807, 2.05) is 7.05 Å². The standard InChI is InChI=1S/C32H48N4O4/c1-20-9-6-13-31(22(20)3)14-7-11-24(28(31)37)26(33)29-35-27-25(12-17-39-32(27)15-18-38-19-32)30(36-29)40-23(4)21(2)10-8-16-34-5/h21,23,34H,6-19,33H2,1-5H3/b26-24-/t21-,23-,31+,32+/m0/s1. The highest BCUT2D eigenvalue weighted by atomic mass is 16.6. The number of ketones is 1. The molecule has 0 bridgehead atoms. The number of rotatable bonds is 8. The van der Waals surface area contributed by atoms with Gasteiger partial charge < -0.3 is 25.3 Å². The predicted molar refractivity (Wildman–Crippen MR) is 156 cm³/mol. The van der Waals surface area contributed by atoms with Crippen LogP contribution in [0.5, 0.6) is 5.88 Å². The second kappa shape index (κ2) is 11.9. The lowest BCUT2D eigenvalue weighted by Crippen LogP contribution is -2.40. The first-order valence-corrected chi connectivity index (χ1v) is 15.4. The molecule has 1 saturated carbocycles. The van der Waals surface area contributed by atoms with Crippen molar-refractivity contribution in [1.82, 2.24) is 15.3 Å². The van der Waals surface area contributed by atoms with Crippen LogP contribution >= 0.6 is 0 Å². The lowest BCUT2D eigenvalue weighted by Gasteiger charge is -2.42. The lowest BCUT2D eigenvalue weighted by atomic mass is 9.60. The minimum Gasteiger partial charge on any atom is -0.474 e. The van der Waals surface area contributed by atoms with E-state index in [4.69, 9.17) is 29.9 Å². The number of carbonyl (C=O) groups excluding carboxylic acids is 1. The van der Waals surface area contributed by atoms with E-state index in [0.717, 1.165) is 69.2 Å². The molecule has 3 heterocycles. The lowest BCUT2D eigenvalue weighted by molar-refractivity contribution is -0.125. The van der Waals surface area contributed by atoms with Crippen LogP contribution in [0.3, 0.4) is 0 Å². The molecule has 1 aromatic heterocycles. The maximum atomic E-state index is 14.2. The van der Waals surface area contributed by atoms with Crippen LogP contribution in [0.25, 0.3) is 5.70 Å². The van der Waals surface area contributed by atoms with Crippen LogP contribution in [0.1, 0.15) is 103 Å². The molecule has 2 aliphatic carbocycles. The minimum absolute atomic E-state index is 0.0335. The van der Waals surface area contributed by atoms with Crippen molar-refractivity contribution in [2.45, 2.75) is 104 Å². The zero-order valence-corrected chi connectivity index (χ0v) is 25.2. The zero-order chi connectivity index (χ0) is 28.5. The minimum atomic E-state index is -0.617. The Hall–Kier alpha value is -2.29. The third kappa shape index (κ3) is 5.23. The average Bonchev–Trinajstić information content (AvgIpc) is 3.42. The monoisotopic (exact) mass is 552 g/mol. The van der Waals surface area contributed by atoms with Gasteiger partial charge >= 0.3 is 0 Å². The number of nitrogens with two attached hydrogens (primary N) is 1. The molecule has 0 amide bonds. The maximum absolute atomic E-state index is 14.2. The van der Waals surface area contributed by atoms with E-state index in [-0.39, 0.29) is 11.9 Å². The van der Waals surface area contributed by atoms with Crippen molar-refractivity contribution in [2.75, 3.05) is 33.4 Å². The predicted octanol–water partition coefficient (Wildman–Crippen LogP) is 5.00. The van der Waals surface area contributed by atoms with Crippen molar-refractivity contribution in [2.24, 2.45) is 17.1 Å². The van der Waals surface area contributed by atoms with Crippen molar-refractivity contribution in [3.8, 4) is 5.88 Å². The SMILES string of the molecule is CNCCC[C@H](C)[C@H](C)Oc1nc(/C(N)=C2\CCC[C@@]3(CCCC(C)=C3C)C2=O)nc2c1CCO[C@@]21CCOC1. The molecule has 8 heteroatoms. The smallest absolute Gasteiger partial charge is 0.221 e. The summed E-state index contributed by atoms with van der Waals surface area (Å²) >= 11 is 0. The number of hydrogen-bond donors (Lipinski definition) is 2. The number of aromatic nitrogens is 2. The Morgan fingerprint density at radius 2 is 1.88 bits per heavy atom. The van der Waals surface area contributed by atoms with Crippen LogP contribution in [-0.4, -0.2) is 55.3 Å². The van der Waals surface area contributed by atoms with E-state index in [0.29, 0.717) is 61.6 Å². The number of nitrogens with zero attached hydrogens (tertiary/aromatic N) is 2. The van der Waals surface area contributed by atoms with Crippen molar-refractivity contribution in [3.05, 3.63) is 33.8 Å². The molecule has 40 heavy (non-hydrogen) atoms. The molecular weight excluding hydrogens is 504 g/mol. The number of ether oxygens (including phenoxy) is 3. The van der Waals surface area contributed by atoms with Crippen LogP contribution in [-0.2, 0) is 26.3 Å². The summed E-state index contributed by atoms with van der Waals surface area (Å²) in [6.07, 6.45) is 8.99. The molecule has 2 spiro atoms. The third-order valence-electron chi connectivity index (χ3n) is 10.1. The first-order chi connectivity index (χ1) is 19.2. The van der Waals surface area contributed by atoms with Gasteiger partial charge in [-0.3, -0.25) is 4.79 Å². The fourth-order valence-corrected chi connectivity index (χ4v) is 7.18. The van der Waals surface area contributed by atoms with E-state index < -0.39 is 11.0 Å². The highest BCUT2D eigenvalue weighted by molar-refractivity contribution is 6.07. The van der Waals surface area contributed by atoms with Gasteiger partial charge in [0, 0.05) is 30.6 Å². The third-order valence-corrected chi connectivity index (χ3v) is 10.1. The van der Waals surface area contributed by atoms with E-state index in [1.165, 1.54) is 11.1 Å². The van der Waals surface area contributed by atoms with Gasteiger partial charge in [-0.1, -0.05) is 18.1 Å². The summed E-state index contributed by atoms with van der Waals surface area (Å²) in [5.74, 6) is 1.48. The summed E-state index contributed by atoms with van der Waals surface area (Å²) in [4.78, 5) is 24.2. The first kappa shape index (κ1) is 29.2. The number of allylic oxidation sites excluding steroid dienone is 3. The molecule has 0 unspecified atom stereocenters. The number of hydrogen-bond acceptors (Lipinski definition) is 8.